The Morgan fingerprint density at radius 2 is 1.59 bits per heavy atom. The van der Waals surface area contributed by atoms with Crippen molar-refractivity contribution in [2.45, 2.75) is 13.5 Å². The van der Waals surface area contributed by atoms with E-state index in [1.807, 2.05) is 18.2 Å². The van der Waals surface area contributed by atoms with E-state index in [9.17, 15) is 0 Å². The van der Waals surface area contributed by atoms with Crippen LogP contribution in [0, 0.1) is 6.92 Å². The molecule has 4 rings (SSSR count). The van der Waals surface area contributed by atoms with Crippen molar-refractivity contribution >= 4 is 21.8 Å². The van der Waals surface area contributed by atoms with Gasteiger partial charge in [0, 0.05) is 22.4 Å². The molecule has 2 nitrogen and oxygen atoms in total. The van der Waals surface area contributed by atoms with Crippen LogP contribution >= 0.6 is 0 Å². The molecule has 0 bridgehead atoms. The fourth-order valence-electron chi connectivity index (χ4n) is 2.88. The van der Waals surface area contributed by atoms with Gasteiger partial charge in [0.15, 0.2) is 0 Å². The molecule has 0 aliphatic heterocycles. The van der Waals surface area contributed by atoms with Crippen molar-refractivity contribution in [3.63, 3.8) is 0 Å². The third-order valence-electron chi connectivity index (χ3n) is 4.04. The second kappa shape index (κ2) is 5.23. The van der Waals surface area contributed by atoms with Crippen molar-refractivity contribution in [2.75, 3.05) is 0 Å². The maximum atomic E-state index is 6.01. The maximum absolute atomic E-state index is 6.01. The first kappa shape index (κ1) is 13.0. The van der Waals surface area contributed by atoms with Crippen LogP contribution in [0.2, 0.25) is 0 Å². The van der Waals surface area contributed by atoms with Crippen LogP contribution in [0.5, 0.6) is 5.75 Å². The maximum Gasteiger partial charge on any atom is 0.124 e. The molecule has 22 heavy (non-hydrogen) atoms. The number of fused-ring (bicyclic) bond motifs is 3. The molecule has 0 radical (unpaired) electrons. The van der Waals surface area contributed by atoms with Crippen LogP contribution in [0.15, 0.2) is 66.7 Å². The first-order valence-corrected chi connectivity index (χ1v) is 7.49. The summed E-state index contributed by atoms with van der Waals surface area (Å²) < 4.78 is 6.01. The van der Waals surface area contributed by atoms with Gasteiger partial charge in [0.25, 0.3) is 0 Å². The first-order valence-electron chi connectivity index (χ1n) is 7.49. The molecule has 0 saturated carbocycles. The summed E-state index contributed by atoms with van der Waals surface area (Å²) in [6, 6.07) is 22.9. The van der Waals surface area contributed by atoms with Gasteiger partial charge in [-0.25, -0.2) is 0 Å². The van der Waals surface area contributed by atoms with Crippen LogP contribution in [-0.4, -0.2) is 4.98 Å². The number of aryl methyl sites for hydroxylation is 1. The van der Waals surface area contributed by atoms with Crippen molar-refractivity contribution in [1.29, 1.82) is 0 Å². The Kier molecular flexibility index (Phi) is 3.08. The minimum atomic E-state index is 0.591. The largest absolute Gasteiger partial charge is 0.489 e. The van der Waals surface area contributed by atoms with E-state index in [1.165, 1.54) is 16.3 Å². The molecule has 0 saturated heterocycles. The summed E-state index contributed by atoms with van der Waals surface area (Å²) in [5, 5.41) is 2.51. The fraction of sp³-hybridized carbons (Fsp3) is 0.100. The molecule has 1 N–H and O–H groups in total. The van der Waals surface area contributed by atoms with E-state index < -0.39 is 0 Å². The number of rotatable bonds is 3. The van der Waals surface area contributed by atoms with Crippen LogP contribution in [0.3, 0.4) is 0 Å². The Balaban J connectivity index is 1.72. The van der Waals surface area contributed by atoms with Gasteiger partial charge in [-0.15, -0.1) is 0 Å². The summed E-state index contributed by atoms with van der Waals surface area (Å²) in [5.74, 6) is 0.933. The van der Waals surface area contributed by atoms with Gasteiger partial charge in [0.2, 0.25) is 0 Å². The van der Waals surface area contributed by atoms with Crippen molar-refractivity contribution in [1.82, 2.24) is 4.98 Å². The molecule has 0 spiro atoms. The molecule has 0 unspecified atom stereocenters. The van der Waals surface area contributed by atoms with Gasteiger partial charge in [0.05, 0.1) is 5.52 Å². The van der Waals surface area contributed by atoms with Gasteiger partial charge in [-0.2, -0.15) is 0 Å². The summed E-state index contributed by atoms with van der Waals surface area (Å²) in [6.45, 7) is 2.69. The Hall–Kier alpha value is -2.74. The molecule has 4 aromatic rings. The number of para-hydroxylation sites is 1. The van der Waals surface area contributed by atoms with E-state index in [-0.39, 0.29) is 0 Å². The molecular weight excluding hydrogens is 270 g/mol. The summed E-state index contributed by atoms with van der Waals surface area (Å²) >= 11 is 0. The smallest absolute Gasteiger partial charge is 0.124 e. The van der Waals surface area contributed by atoms with Crippen LogP contribution < -0.4 is 4.74 Å². The van der Waals surface area contributed by atoms with Crippen molar-refractivity contribution in [3.05, 3.63) is 77.9 Å². The normalized spacial score (nSPS) is 11.1. The Labute approximate surface area is 129 Å². The Morgan fingerprint density at radius 1 is 0.818 bits per heavy atom. The van der Waals surface area contributed by atoms with E-state index in [0.717, 1.165) is 22.3 Å². The predicted molar refractivity (Wildman–Crippen MR) is 91.3 cm³/mol. The molecule has 108 valence electrons. The summed E-state index contributed by atoms with van der Waals surface area (Å²) in [7, 11) is 0. The number of ether oxygens (including phenoxy) is 1. The number of aromatic amines is 1. The average Bonchev–Trinajstić information content (AvgIpc) is 2.91. The minimum Gasteiger partial charge on any atom is -0.489 e. The van der Waals surface area contributed by atoms with Crippen LogP contribution in [-0.2, 0) is 6.61 Å². The SMILES string of the molecule is Cc1cc2c(cc1OCc1ccccc1)[nH]c1ccccc12. The van der Waals surface area contributed by atoms with Gasteiger partial charge in [0.1, 0.15) is 12.4 Å². The lowest BCUT2D eigenvalue weighted by atomic mass is 10.1. The molecule has 0 amide bonds. The lowest BCUT2D eigenvalue weighted by Crippen LogP contribution is -1.96. The first-order chi connectivity index (χ1) is 10.8. The monoisotopic (exact) mass is 287 g/mol. The molecule has 2 heteroatoms. The highest BCUT2D eigenvalue weighted by Crippen LogP contribution is 2.31. The molecule has 0 aliphatic rings. The van der Waals surface area contributed by atoms with E-state index in [0.29, 0.717) is 6.61 Å². The standard InChI is InChI=1S/C20H17NO/c1-14-11-17-16-9-5-6-10-18(16)21-19(17)12-20(14)22-13-15-7-3-2-4-8-15/h2-12,21H,13H2,1H3. The van der Waals surface area contributed by atoms with Gasteiger partial charge >= 0.3 is 0 Å². The summed E-state index contributed by atoms with van der Waals surface area (Å²) in [5.41, 5.74) is 4.62. The molecule has 1 heterocycles. The van der Waals surface area contributed by atoms with Crippen LogP contribution in [0.1, 0.15) is 11.1 Å². The molecular formula is C20H17NO. The minimum absolute atomic E-state index is 0.591. The highest BCUT2D eigenvalue weighted by molar-refractivity contribution is 6.07. The topological polar surface area (TPSA) is 25.0 Å². The van der Waals surface area contributed by atoms with Gasteiger partial charge < -0.3 is 9.72 Å². The van der Waals surface area contributed by atoms with Crippen molar-refractivity contribution in [2.24, 2.45) is 0 Å². The number of hydrogen-bond acceptors (Lipinski definition) is 1. The quantitative estimate of drug-likeness (QED) is 0.550. The van der Waals surface area contributed by atoms with Gasteiger partial charge in [-0.05, 0) is 30.2 Å². The van der Waals surface area contributed by atoms with Crippen LogP contribution in [0.25, 0.3) is 21.8 Å². The average molecular weight is 287 g/mol. The van der Waals surface area contributed by atoms with E-state index in [1.54, 1.807) is 0 Å². The summed E-state index contributed by atoms with van der Waals surface area (Å²) in [4.78, 5) is 3.46. The molecule has 0 fully saturated rings. The van der Waals surface area contributed by atoms with E-state index in [4.69, 9.17) is 4.74 Å². The predicted octanol–water partition coefficient (Wildman–Crippen LogP) is 5.21. The third kappa shape index (κ3) is 2.23. The lowest BCUT2D eigenvalue weighted by Gasteiger charge is -2.09. The molecule has 3 aromatic carbocycles. The Bertz CT molecular complexity index is 938. The van der Waals surface area contributed by atoms with Gasteiger partial charge in [-0.3, -0.25) is 0 Å². The number of hydrogen-bond donors (Lipinski definition) is 1. The highest BCUT2D eigenvalue weighted by Gasteiger charge is 2.08. The molecule has 1 aromatic heterocycles. The third-order valence-corrected chi connectivity index (χ3v) is 4.04. The van der Waals surface area contributed by atoms with Crippen LogP contribution in [0.4, 0.5) is 0 Å². The Morgan fingerprint density at radius 3 is 2.45 bits per heavy atom. The van der Waals surface area contributed by atoms with Crippen molar-refractivity contribution in [3.8, 4) is 5.75 Å². The number of nitrogens with one attached hydrogen (secondary N) is 1. The van der Waals surface area contributed by atoms with Gasteiger partial charge in [-0.1, -0.05) is 48.5 Å². The zero-order valence-corrected chi connectivity index (χ0v) is 12.5. The van der Waals surface area contributed by atoms with E-state index >= 15 is 0 Å². The van der Waals surface area contributed by atoms with Crippen molar-refractivity contribution < 1.29 is 4.74 Å². The molecule has 0 aliphatic carbocycles. The lowest BCUT2D eigenvalue weighted by molar-refractivity contribution is 0.304. The number of H-pyrrole nitrogens is 1. The van der Waals surface area contributed by atoms with E-state index in [2.05, 4.69) is 60.4 Å². The molecule has 0 atom stereocenters. The number of benzene rings is 3. The summed E-state index contributed by atoms with van der Waals surface area (Å²) in [6.07, 6.45) is 0. The zero-order chi connectivity index (χ0) is 14.9. The zero-order valence-electron chi connectivity index (χ0n) is 12.5. The number of aromatic nitrogens is 1. The fourth-order valence-corrected chi connectivity index (χ4v) is 2.88. The second-order valence-corrected chi connectivity index (χ2v) is 5.61. The second-order valence-electron chi connectivity index (χ2n) is 5.61. The highest BCUT2D eigenvalue weighted by atomic mass is 16.5.